The summed E-state index contributed by atoms with van der Waals surface area (Å²) in [7, 11) is 0. The molecule has 2 rings (SSSR count). The van der Waals surface area contributed by atoms with Crippen LogP contribution in [0.1, 0.15) is 17.2 Å². The summed E-state index contributed by atoms with van der Waals surface area (Å²) in [6.45, 7) is 0. The van der Waals surface area contributed by atoms with Gasteiger partial charge in [0.25, 0.3) is 0 Å². The van der Waals surface area contributed by atoms with Gasteiger partial charge in [-0.2, -0.15) is 0 Å². The Labute approximate surface area is 105 Å². The molecule has 0 saturated carbocycles. The Morgan fingerprint density at radius 2 is 1.65 bits per heavy atom. The number of halogens is 3. The zero-order valence-electron chi connectivity index (χ0n) is 8.57. The number of hydrogen-bond acceptors (Lipinski definition) is 2. The predicted octanol–water partition coefficient (Wildman–Crippen LogP) is 3.20. The van der Waals surface area contributed by atoms with Crippen LogP contribution in [0.2, 0.25) is 0 Å². The van der Waals surface area contributed by atoms with Crippen LogP contribution in [0.4, 0.5) is 8.78 Å². The first-order valence-corrected chi connectivity index (χ1v) is 5.60. The number of hydrogen-bond donors (Lipinski definition) is 1. The van der Waals surface area contributed by atoms with Crippen LogP contribution in [0.15, 0.2) is 41.1 Å². The molecule has 0 amide bonds. The first-order chi connectivity index (χ1) is 8.06. The summed E-state index contributed by atoms with van der Waals surface area (Å²) in [6.07, 6.45) is 1.89. The molecule has 1 N–H and O–H groups in total. The van der Waals surface area contributed by atoms with Crippen molar-refractivity contribution in [2.24, 2.45) is 0 Å². The molecule has 0 saturated heterocycles. The van der Waals surface area contributed by atoms with E-state index in [9.17, 15) is 13.9 Å². The molecule has 0 spiro atoms. The largest absolute Gasteiger partial charge is 0.384 e. The Balaban J connectivity index is 2.39. The number of aromatic nitrogens is 1. The molecule has 0 aliphatic heterocycles. The van der Waals surface area contributed by atoms with Gasteiger partial charge in [-0.3, -0.25) is 4.98 Å². The lowest BCUT2D eigenvalue weighted by Gasteiger charge is -2.11. The van der Waals surface area contributed by atoms with Gasteiger partial charge in [-0.1, -0.05) is 0 Å². The molecule has 2 aromatic rings. The lowest BCUT2D eigenvalue weighted by atomic mass is 10.0. The summed E-state index contributed by atoms with van der Waals surface area (Å²) in [5.41, 5.74) is 0.617. The van der Waals surface area contributed by atoms with E-state index >= 15 is 0 Å². The number of pyridine rings is 1. The van der Waals surface area contributed by atoms with Crippen LogP contribution < -0.4 is 0 Å². The van der Waals surface area contributed by atoms with Gasteiger partial charge in [0.15, 0.2) is 0 Å². The molecular weight excluding hydrogens is 292 g/mol. The molecule has 17 heavy (non-hydrogen) atoms. The van der Waals surface area contributed by atoms with E-state index < -0.39 is 17.7 Å². The van der Waals surface area contributed by atoms with Crippen molar-refractivity contribution < 1.29 is 13.9 Å². The molecule has 1 aromatic carbocycles. The monoisotopic (exact) mass is 299 g/mol. The average molecular weight is 300 g/mol. The topological polar surface area (TPSA) is 33.1 Å². The maximum Gasteiger partial charge on any atom is 0.126 e. The van der Waals surface area contributed by atoms with Crippen molar-refractivity contribution in [2.45, 2.75) is 6.10 Å². The van der Waals surface area contributed by atoms with E-state index in [4.69, 9.17) is 0 Å². The third kappa shape index (κ3) is 2.87. The molecule has 1 aromatic heterocycles. The van der Waals surface area contributed by atoms with E-state index in [1.807, 2.05) is 0 Å². The van der Waals surface area contributed by atoms with E-state index in [1.165, 1.54) is 6.20 Å². The Bertz CT molecular complexity index is 528. The van der Waals surface area contributed by atoms with Gasteiger partial charge in [0, 0.05) is 28.5 Å². The highest BCUT2D eigenvalue weighted by Crippen LogP contribution is 2.24. The van der Waals surface area contributed by atoms with Crippen LogP contribution >= 0.6 is 15.9 Å². The minimum atomic E-state index is -1.11. The fraction of sp³-hybridized carbons (Fsp3) is 0.0833. The molecule has 1 unspecified atom stereocenters. The molecule has 2 nitrogen and oxygen atoms in total. The Kier molecular flexibility index (Phi) is 3.49. The molecule has 1 heterocycles. The van der Waals surface area contributed by atoms with Gasteiger partial charge in [-0.25, -0.2) is 8.78 Å². The lowest BCUT2D eigenvalue weighted by Crippen LogP contribution is -2.01. The van der Waals surface area contributed by atoms with E-state index in [0.717, 1.165) is 18.2 Å². The number of aliphatic hydroxyl groups is 1. The minimum absolute atomic E-state index is 0.155. The molecule has 5 heteroatoms. The van der Waals surface area contributed by atoms with Crippen LogP contribution in [0.25, 0.3) is 0 Å². The zero-order valence-corrected chi connectivity index (χ0v) is 10.2. The molecule has 0 aliphatic carbocycles. The van der Waals surface area contributed by atoms with E-state index in [0.29, 0.717) is 10.0 Å². The molecule has 0 fully saturated rings. The van der Waals surface area contributed by atoms with Gasteiger partial charge < -0.3 is 5.11 Å². The zero-order chi connectivity index (χ0) is 12.4. The van der Waals surface area contributed by atoms with Crippen molar-refractivity contribution in [1.82, 2.24) is 4.98 Å². The maximum atomic E-state index is 13.0. The fourth-order valence-electron chi connectivity index (χ4n) is 1.50. The average Bonchev–Trinajstić information content (AvgIpc) is 2.26. The molecular formula is C12H8BrF2NO. The van der Waals surface area contributed by atoms with Crippen molar-refractivity contribution in [3.63, 3.8) is 0 Å². The number of aliphatic hydroxyl groups excluding tert-OH is 1. The summed E-state index contributed by atoms with van der Waals surface area (Å²) in [5.74, 6) is -1.44. The van der Waals surface area contributed by atoms with Crippen molar-refractivity contribution in [2.75, 3.05) is 0 Å². The van der Waals surface area contributed by atoms with Crippen molar-refractivity contribution >= 4 is 15.9 Å². The molecule has 1 atom stereocenters. The highest BCUT2D eigenvalue weighted by atomic mass is 79.9. The maximum absolute atomic E-state index is 13.0. The second-order valence-electron chi connectivity index (χ2n) is 3.54. The van der Waals surface area contributed by atoms with Crippen molar-refractivity contribution in [3.8, 4) is 0 Å². The molecule has 0 radical (unpaired) electrons. The number of benzene rings is 1. The van der Waals surface area contributed by atoms with Crippen LogP contribution in [0, 0.1) is 11.6 Å². The quantitative estimate of drug-likeness (QED) is 0.924. The third-order valence-corrected chi connectivity index (χ3v) is 2.68. The lowest BCUT2D eigenvalue weighted by molar-refractivity contribution is 0.218. The van der Waals surface area contributed by atoms with Gasteiger partial charge >= 0.3 is 0 Å². The summed E-state index contributed by atoms with van der Waals surface area (Å²) < 4.78 is 26.7. The Morgan fingerprint density at radius 1 is 1.00 bits per heavy atom. The van der Waals surface area contributed by atoms with E-state index in [1.54, 1.807) is 12.3 Å². The van der Waals surface area contributed by atoms with Crippen molar-refractivity contribution in [1.29, 1.82) is 0 Å². The fourth-order valence-corrected chi connectivity index (χ4v) is 1.89. The summed E-state index contributed by atoms with van der Waals surface area (Å²) in [5, 5.41) is 9.97. The smallest absolute Gasteiger partial charge is 0.126 e. The Morgan fingerprint density at radius 3 is 2.24 bits per heavy atom. The SMILES string of the molecule is OC(c1cc(F)cc(F)c1)c1cncc(Br)c1. The van der Waals surface area contributed by atoms with Crippen LogP contribution in [-0.2, 0) is 0 Å². The van der Waals surface area contributed by atoms with Crippen LogP contribution in [0.3, 0.4) is 0 Å². The summed E-state index contributed by atoms with van der Waals surface area (Å²) in [4.78, 5) is 3.88. The first kappa shape index (κ1) is 12.1. The van der Waals surface area contributed by atoms with Gasteiger partial charge in [0.05, 0.1) is 0 Å². The van der Waals surface area contributed by atoms with Gasteiger partial charge in [-0.05, 0) is 39.7 Å². The molecule has 0 aliphatic rings. The summed E-state index contributed by atoms with van der Waals surface area (Å²) >= 11 is 3.21. The number of nitrogens with zero attached hydrogens (tertiary/aromatic N) is 1. The van der Waals surface area contributed by atoms with Gasteiger partial charge in [0.1, 0.15) is 17.7 Å². The predicted molar refractivity (Wildman–Crippen MR) is 62.4 cm³/mol. The molecule has 88 valence electrons. The first-order valence-electron chi connectivity index (χ1n) is 4.81. The molecule has 0 bridgehead atoms. The van der Waals surface area contributed by atoms with Crippen molar-refractivity contribution in [3.05, 3.63) is 63.9 Å². The normalized spacial score (nSPS) is 12.5. The number of rotatable bonds is 2. The van der Waals surface area contributed by atoms with E-state index in [-0.39, 0.29) is 5.56 Å². The third-order valence-electron chi connectivity index (χ3n) is 2.24. The van der Waals surface area contributed by atoms with Crippen LogP contribution in [-0.4, -0.2) is 10.1 Å². The summed E-state index contributed by atoms with van der Waals surface area (Å²) in [6, 6.07) is 4.58. The second-order valence-corrected chi connectivity index (χ2v) is 4.46. The highest BCUT2D eigenvalue weighted by molar-refractivity contribution is 9.10. The van der Waals surface area contributed by atoms with Gasteiger partial charge in [-0.15, -0.1) is 0 Å². The minimum Gasteiger partial charge on any atom is -0.384 e. The van der Waals surface area contributed by atoms with Crippen LogP contribution in [0.5, 0.6) is 0 Å². The standard InChI is InChI=1S/C12H8BrF2NO/c13-9-1-8(5-16-6-9)12(17)7-2-10(14)4-11(15)3-7/h1-6,12,17H. The second kappa shape index (κ2) is 4.89. The van der Waals surface area contributed by atoms with E-state index in [2.05, 4.69) is 20.9 Å². The van der Waals surface area contributed by atoms with Gasteiger partial charge in [0.2, 0.25) is 0 Å². The Hall–Kier alpha value is -1.33. The highest BCUT2D eigenvalue weighted by Gasteiger charge is 2.13.